The molecule has 3 atom stereocenters. The SMILES string of the molecule is COc1ccc(C(OC[C@H]2O[C@@H](n3ccc(NC(=O)OCC(c4ccccc4[N+](=O)[O-])c4ccccc4[N+](=O)[O-])nc3=O)C[C@@H]2O)(c2ccccc2)c2ccc(OC)cc2)cc1. The Labute approximate surface area is 354 Å². The zero-order valence-electron chi connectivity index (χ0n) is 33.4. The van der Waals surface area contributed by atoms with Gasteiger partial charge >= 0.3 is 11.8 Å². The van der Waals surface area contributed by atoms with Gasteiger partial charge in [-0.05, 0) is 47.0 Å². The zero-order chi connectivity index (χ0) is 43.8. The molecule has 1 amide bonds. The highest BCUT2D eigenvalue weighted by molar-refractivity contribution is 5.83. The first-order valence-electron chi connectivity index (χ1n) is 19.3. The Morgan fingerprint density at radius 1 is 0.806 bits per heavy atom. The summed E-state index contributed by atoms with van der Waals surface area (Å²) in [6.45, 7) is -0.629. The van der Waals surface area contributed by atoms with Crippen LogP contribution in [0, 0.1) is 20.2 Å². The van der Waals surface area contributed by atoms with Crippen LogP contribution < -0.4 is 20.5 Å². The Balaban J connectivity index is 1.07. The average molecular weight is 844 g/mol. The maximum absolute atomic E-state index is 13.4. The van der Waals surface area contributed by atoms with Crippen molar-refractivity contribution in [3.05, 3.63) is 198 Å². The molecular formula is C45H41N5O12. The largest absolute Gasteiger partial charge is 0.497 e. The van der Waals surface area contributed by atoms with Gasteiger partial charge in [-0.2, -0.15) is 4.98 Å². The van der Waals surface area contributed by atoms with Crippen LogP contribution >= 0.6 is 0 Å². The van der Waals surface area contributed by atoms with E-state index in [1.54, 1.807) is 14.2 Å². The van der Waals surface area contributed by atoms with Gasteiger partial charge in [0.15, 0.2) is 0 Å². The maximum atomic E-state index is 13.4. The van der Waals surface area contributed by atoms with Gasteiger partial charge in [0.2, 0.25) is 0 Å². The summed E-state index contributed by atoms with van der Waals surface area (Å²) < 4.78 is 30.6. The molecule has 0 radical (unpaired) electrons. The van der Waals surface area contributed by atoms with Crippen LogP contribution in [0.5, 0.6) is 11.5 Å². The van der Waals surface area contributed by atoms with Gasteiger partial charge in [-0.15, -0.1) is 0 Å². The minimum atomic E-state index is -1.19. The van der Waals surface area contributed by atoms with E-state index in [1.165, 1.54) is 65.4 Å². The number of rotatable bonds is 16. The molecule has 318 valence electrons. The number of nitro benzene ring substituents is 2. The van der Waals surface area contributed by atoms with Crippen LogP contribution in [0.2, 0.25) is 0 Å². The third-order valence-corrected chi connectivity index (χ3v) is 10.6. The fourth-order valence-corrected chi connectivity index (χ4v) is 7.56. The van der Waals surface area contributed by atoms with Crippen LogP contribution in [-0.2, 0) is 19.8 Å². The van der Waals surface area contributed by atoms with E-state index in [-0.39, 0.29) is 41.3 Å². The topological polar surface area (TPSA) is 217 Å². The number of hydrogen-bond donors (Lipinski definition) is 2. The number of hydrogen-bond acceptors (Lipinski definition) is 13. The first-order valence-corrected chi connectivity index (χ1v) is 19.3. The summed E-state index contributed by atoms with van der Waals surface area (Å²) in [5, 5.41) is 37.4. The minimum Gasteiger partial charge on any atom is -0.497 e. The lowest BCUT2D eigenvalue weighted by Crippen LogP contribution is -2.38. The second-order valence-electron chi connectivity index (χ2n) is 14.2. The third-order valence-electron chi connectivity index (χ3n) is 10.6. The first-order chi connectivity index (χ1) is 30.0. The molecule has 2 heterocycles. The summed E-state index contributed by atoms with van der Waals surface area (Å²) in [6, 6.07) is 37.3. The summed E-state index contributed by atoms with van der Waals surface area (Å²) >= 11 is 0. The smallest absolute Gasteiger partial charge is 0.412 e. The van der Waals surface area contributed by atoms with Crippen LogP contribution in [0.3, 0.4) is 0 Å². The van der Waals surface area contributed by atoms with Crippen molar-refractivity contribution in [2.45, 2.75) is 36.4 Å². The Hall–Kier alpha value is -7.47. The highest BCUT2D eigenvalue weighted by Crippen LogP contribution is 2.43. The van der Waals surface area contributed by atoms with E-state index in [0.717, 1.165) is 16.7 Å². The molecule has 0 saturated carbocycles. The Bertz CT molecular complexity index is 2480. The number of nitro groups is 2. The molecule has 7 rings (SSSR count). The van der Waals surface area contributed by atoms with Crippen molar-refractivity contribution in [1.82, 2.24) is 9.55 Å². The van der Waals surface area contributed by atoms with E-state index in [2.05, 4.69) is 10.3 Å². The molecule has 0 spiro atoms. The van der Waals surface area contributed by atoms with Crippen molar-refractivity contribution in [2.75, 3.05) is 32.8 Å². The lowest BCUT2D eigenvalue weighted by Gasteiger charge is -2.37. The molecule has 1 aliphatic rings. The molecule has 62 heavy (non-hydrogen) atoms. The number of amides is 1. The number of nitrogens with zero attached hydrogens (tertiary/aromatic N) is 4. The predicted molar refractivity (Wildman–Crippen MR) is 224 cm³/mol. The van der Waals surface area contributed by atoms with Crippen molar-refractivity contribution in [2.24, 2.45) is 0 Å². The van der Waals surface area contributed by atoms with E-state index >= 15 is 0 Å². The van der Waals surface area contributed by atoms with E-state index in [0.29, 0.717) is 11.5 Å². The average Bonchev–Trinajstić information content (AvgIpc) is 3.66. The fraction of sp³-hybridized carbons (Fsp3) is 0.222. The summed E-state index contributed by atoms with van der Waals surface area (Å²) in [5.41, 5.74) is -0.0875. The van der Waals surface area contributed by atoms with Crippen molar-refractivity contribution in [1.29, 1.82) is 0 Å². The molecule has 1 aliphatic heterocycles. The Kier molecular flexibility index (Phi) is 13.0. The van der Waals surface area contributed by atoms with Crippen molar-refractivity contribution in [3.63, 3.8) is 0 Å². The molecule has 0 bridgehead atoms. The zero-order valence-corrected chi connectivity index (χ0v) is 33.4. The number of ether oxygens (including phenoxy) is 5. The summed E-state index contributed by atoms with van der Waals surface area (Å²) in [5.74, 6) is 0.0231. The number of aromatic nitrogens is 2. The molecule has 1 saturated heterocycles. The van der Waals surface area contributed by atoms with Crippen LogP contribution in [0.15, 0.2) is 144 Å². The van der Waals surface area contributed by atoms with Gasteiger partial charge in [-0.3, -0.25) is 30.1 Å². The minimum absolute atomic E-state index is 0.0203. The van der Waals surface area contributed by atoms with Gasteiger partial charge in [0.25, 0.3) is 11.4 Å². The number of aliphatic hydroxyl groups excluding tert-OH is 1. The molecule has 0 aliphatic carbocycles. The number of carbonyl (C=O) groups excluding carboxylic acids is 1. The third kappa shape index (κ3) is 8.99. The van der Waals surface area contributed by atoms with Crippen LogP contribution in [0.4, 0.5) is 22.0 Å². The molecule has 0 unspecified atom stereocenters. The van der Waals surface area contributed by atoms with E-state index in [9.17, 15) is 34.9 Å². The van der Waals surface area contributed by atoms with Gasteiger partial charge in [0.1, 0.15) is 41.9 Å². The molecule has 6 aromatic rings. The van der Waals surface area contributed by atoms with E-state index in [1.807, 2.05) is 78.9 Å². The number of aliphatic hydroxyl groups is 1. The molecule has 1 fully saturated rings. The number of para-hydroxylation sites is 2. The molecule has 17 nitrogen and oxygen atoms in total. The molecule has 5 aromatic carbocycles. The van der Waals surface area contributed by atoms with E-state index in [4.69, 9.17) is 23.7 Å². The lowest BCUT2D eigenvalue weighted by molar-refractivity contribution is -0.386. The van der Waals surface area contributed by atoms with Crippen LogP contribution in [-0.4, -0.2) is 70.2 Å². The fourth-order valence-electron chi connectivity index (χ4n) is 7.56. The van der Waals surface area contributed by atoms with Crippen molar-refractivity contribution < 1.29 is 43.4 Å². The first kappa shape index (κ1) is 42.6. The van der Waals surface area contributed by atoms with Gasteiger partial charge in [0.05, 0.1) is 42.7 Å². The predicted octanol–water partition coefficient (Wildman–Crippen LogP) is 7.11. The Morgan fingerprint density at radius 2 is 1.32 bits per heavy atom. The molecule has 1 aromatic heterocycles. The standard InChI is InChI=1S/C45H41N5O12/c1-58-32-20-16-30(17-21-32)45(29-10-4-3-5-11-29,31-18-22-33(59-2)23-19-31)61-28-40-39(51)26-42(62-40)48-25-24-41(46-43(48)52)47-44(53)60-27-36(34-12-6-8-14-37(34)49(54)55)35-13-7-9-15-38(35)50(56)57/h3-25,36,39-40,42,51H,26-28H2,1-2H3,(H,46,47,52,53)/t39-,40+,42+/m0/s1. The van der Waals surface area contributed by atoms with E-state index < -0.39 is 58.2 Å². The van der Waals surface area contributed by atoms with Gasteiger partial charge < -0.3 is 28.8 Å². The monoisotopic (exact) mass is 843 g/mol. The van der Waals surface area contributed by atoms with Gasteiger partial charge in [-0.1, -0.05) is 91.0 Å². The second-order valence-corrected chi connectivity index (χ2v) is 14.2. The number of carbonyl (C=O) groups is 1. The number of anilines is 1. The van der Waals surface area contributed by atoms with Crippen molar-refractivity contribution in [3.8, 4) is 11.5 Å². The molecule has 17 heteroatoms. The summed E-state index contributed by atoms with van der Waals surface area (Å²) in [6.07, 6.45) is -2.58. The van der Waals surface area contributed by atoms with Crippen molar-refractivity contribution >= 4 is 23.3 Å². The van der Waals surface area contributed by atoms with Gasteiger partial charge in [0, 0.05) is 35.9 Å². The highest BCUT2D eigenvalue weighted by atomic mass is 16.6. The quantitative estimate of drug-likeness (QED) is 0.0565. The highest BCUT2D eigenvalue weighted by Gasteiger charge is 2.42. The Morgan fingerprint density at radius 3 is 1.84 bits per heavy atom. The normalized spacial score (nSPS) is 16.1. The number of nitrogens with one attached hydrogen (secondary N) is 1. The maximum Gasteiger partial charge on any atom is 0.412 e. The molecule has 2 N–H and O–H groups in total. The molecular weight excluding hydrogens is 803 g/mol. The number of methoxy groups -OCH3 is 2. The van der Waals surface area contributed by atoms with Crippen LogP contribution in [0.25, 0.3) is 0 Å². The summed E-state index contributed by atoms with van der Waals surface area (Å²) in [4.78, 5) is 52.9. The van der Waals surface area contributed by atoms with Gasteiger partial charge in [-0.25, -0.2) is 9.59 Å². The second kappa shape index (κ2) is 18.8. The van der Waals surface area contributed by atoms with Crippen LogP contribution in [0.1, 0.15) is 46.4 Å². The number of benzene rings is 5. The summed E-state index contributed by atoms with van der Waals surface area (Å²) in [7, 11) is 3.17. The lowest BCUT2D eigenvalue weighted by atomic mass is 9.80.